The van der Waals surface area contributed by atoms with Crippen LogP contribution in [0.2, 0.25) is 0 Å². The zero-order valence-corrected chi connectivity index (χ0v) is 10.4. The third-order valence-electron chi connectivity index (χ3n) is 3.31. The first-order chi connectivity index (χ1) is 8.05. The maximum absolute atomic E-state index is 5.92. The molecule has 3 rings (SSSR count). The Kier molecular flexibility index (Phi) is 2.50. The molecular formula is C12H18N2O3. The largest absolute Gasteiger partial charge is 0.368 e. The summed E-state index contributed by atoms with van der Waals surface area (Å²) in [5.74, 6) is -0.504. The van der Waals surface area contributed by atoms with Gasteiger partial charge in [-0.15, -0.1) is 0 Å². The van der Waals surface area contributed by atoms with E-state index in [1.807, 2.05) is 37.7 Å². The number of ether oxygens (including phenoxy) is 3. The average Bonchev–Trinajstić information content (AvgIpc) is 2.88. The van der Waals surface area contributed by atoms with Gasteiger partial charge in [-0.3, -0.25) is 4.68 Å². The van der Waals surface area contributed by atoms with Crippen LogP contribution in [0.4, 0.5) is 0 Å². The van der Waals surface area contributed by atoms with Gasteiger partial charge in [0.25, 0.3) is 0 Å². The van der Waals surface area contributed by atoms with Crippen LogP contribution in [0.1, 0.15) is 20.8 Å². The minimum atomic E-state index is -0.504. The Morgan fingerprint density at radius 3 is 2.76 bits per heavy atom. The number of hydrogen-bond donors (Lipinski definition) is 0. The highest BCUT2D eigenvalue weighted by atomic mass is 16.8. The summed E-state index contributed by atoms with van der Waals surface area (Å²) >= 11 is 0. The molecule has 0 spiro atoms. The van der Waals surface area contributed by atoms with Gasteiger partial charge in [0.05, 0.1) is 12.6 Å². The van der Waals surface area contributed by atoms with Crippen molar-refractivity contribution in [3.8, 4) is 0 Å². The standard InChI is InChI=1S/C12H18N2O3/c1-8-10-11(17-12(2,3)16-10)9(15-8)7-14-6-4-5-13-14/h4-6,8-11H,7H2,1-3H3/t8-,9+,10-,11+/m0/s1. The fourth-order valence-corrected chi connectivity index (χ4v) is 2.64. The van der Waals surface area contributed by atoms with Crippen LogP contribution in [0.5, 0.6) is 0 Å². The van der Waals surface area contributed by atoms with E-state index in [4.69, 9.17) is 14.2 Å². The first-order valence-electron chi connectivity index (χ1n) is 6.04. The van der Waals surface area contributed by atoms with Crippen LogP contribution in [0, 0.1) is 0 Å². The summed E-state index contributed by atoms with van der Waals surface area (Å²) in [6.45, 7) is 6.63. The first-order valence-corrected chi connectivity index (χ1v) is 6.04. The Hall–Kier alpha value is -0.910. The zero-order valence-electron chi connectivity index (χ0n) is 10.4. The molecule has 3 heterocycles. The van der Waals surface area contributed by atoms with E-state index in [9.17, 15) is 0 Å². The molecule has 2 aliphatic rings. The molecule has 2 saturated heterocycles. The summed E-state index contributed by atoms with van der Waals surface area (Å²) in [6.07, 6.45) is 3.82. The molecule has 0 N–H and O–H groups in total. The Morgan fingerprint density at radius 2 is 2.06 bits per heavy atom. The topological polar surface area (TPSA) is 45.5 Å². The molecule has 5 nitrogen and oxygen atoms in total. The molecule has 4 atom stereocenters. The van der Waals surface area contributed by atoms with E-state index >= 15 is 0 Å². The fourth-order valence-electron chi connectivity index (χ4n) is 2.64. The highest BCUT2D eigenvalue weighted by molar-refractivity contribution is 4.96. The van der Waals surface area contributed by atoms with Crippen LogP contribution in [-0.4, -0.2) is 40.0 Å². The summed E-state index contributed by atoms with van der Waals surface area (Å²) in [6, 6.07) is 1.91. The molecule has 0 unspecified atom stereocenters. The maximum atomic E-state index is 5.92. The lowest BCUT2D eigenvalue weighted by molar-refractivity contribution is -0.186. The minimum absolute atomic E-state index is 0.00389. The van der Waals surface area contributed by atoms with Gasteiger partial charge in [0, 0.05) is 12.4 Å². The van der Waals surface area contributed by atoms with E-state index in [0.717, 1.165) is 0 Å². The minimum Gasteiger partial charge on any atom is -0.368 e. The van der Waals surface area contributed by atoms with Crippen molar-refractivity contribution in [1.82, 2.24) is 9.78 Å². The summed E-state index contributed by atoms with van der Waals surface area (Å²) in [4.78, 5) is 0. The molecule has 5 heteroatoms. The highest BCUT2D eigenvalue weighted by Gasteiger charge is 2.53. The summed E-state index contributed by atoms with van der Waals surface area (Å²) < 4.78 is 19.5. The second kappa shape index (κ2) is 3.80. The van der Waals surface area contributed by atoms with Gasteiger partial charge in [-0.05, 0) is 26.8 Å². The van der Waals surface area contributed by atoms with Crippen molar-refractivity contribution in [3.05, 3.63) is 18.5 Å². The third kappa shape index (κ3) is 1.99. The molecule has 94 valence electrons. The van der Waals surface area contributed by atoms with E-state index < -0.39 is 5.79 Å². The molecule has 0 amide bonds. The van der Waals surface area contributed by atoms with Gasteiger partial charge in [-0.2, -0.15) is 5.10 Å². The van der Waals surface area contributed by atoms with Crippen LogP contribution >= 0.6 is 0 Å². The Balaban J connectivity index is 1.74. The Labute approximate surface area is 101 Å². The van der Waals surface area contributed by atoms with Crippen molar-refractivity contribution >= 4 is 0 Å². The Bertz CT molecular complexity index is 390. The smallest absolute Gasteiger partial charge is 0.164 e. The van der Waals surface area contributed by atoms with Crippen LogP contribution < -0.4 is 0 Å². The van der Waals surface area contributed by atoms with Crippen LogP contribution in [0.25, 0.3) is 0 Å². The second-order valence-corrected chi connectivity index (χ2v) is 5.17. The average molecular weight is 238 g/mol. The van der Waals surface area contributed by atoms with Gasteiger partial charge in [0.1, 0.15) is 18.3 Å². The van der Waals surface area contributed by atoms with E-state index in [0.29, 0.717) is 6.54 Å². The molecule has 1 aromatic heterocycles. The SMILES string of the molecule is C[C@@H]1O[C@H](Cn2cccn2)[C@H]2OC(C)(C)O[C@H]21. The molecule has 17 heavy (non-hydrogen) atoms. The van der Waals surface area contributed by atoms with Crippen molar-refractivity contribution in [1.29, 1.82) is 0 Å². The first kappa shape index (κ1) is 11.2. The number of fused-ring (bicyclic) bond motifs is 1. The van der Waals surface area contributed by atoms with Gasteiger partial charge < -0.3 is 14.2 Å². The molecule has 0 bridgehead atoms. The quantitative estimate of drug-likeness (QED) is 0.776. The van der Waals surface area contributed by atoms with Gasteiger partial charge in [0.2, 0.25) is 0 Å². The van der Waals surface area contributed by atoms with E-state index in [1.54, 1.807) is 6.20 Å². The normalized spacial score (nSPS) is 39.5. The van der Waals surface area contributed by atoms with Crippen molar-refractivity contribution < 1.29 is 14.2 Å². The van der Waals surface area contributed by atoms with Crippen molar-refractivity contribution in [2.45, 2.75) is 57.5 Å². The van der Waals surface area contributed by atoms with Gasteiger partial charge >= 0.3 is 0 Å². The van der Waals surface area contributed by atoms with Crippen LogP contribution in [0.15, 0.2) is 18.5 Å². The molecule has 0 aromatic carbocycles. The zero-order chi connectivity index (χ0) is 12.0. The summed E-state index contributed by atoms with van der Waals surface area (Å²) in [7, 11) is 0. The van der Waals surface area contributed by atoms with E-state index in [-0.39, 0.29) is 24.4 Å². The summed E-state index contributed by atoms with van der Waals surface area (Å²) in [5, 5.41) is 4.20. The Morgan fingerprint density at radius 1 is 1.29 bits per heavy atom. The van der Waals surface area contributed by atoms with Crippen LogP contribution in [0.3, 0.4) is 0 Å². The molecule has 0 radical (unpaired) electrons. The van der Waals surface area contributed by atoms with Crippen LogP contribution in [-0.2, 0) is 20.8 Å². The third-order valence-corrected chi connectivity index (χ3v) is 3.31. The highest BCUT2D eigenvalue weighted by Crippen LogP contribution is 2.38. The second-order valence-electron chi connectivity index (χ2n) is 5.17. The van der Waals surface area contributed by atoms with Crippen molar-refractivity contribution in [2.24, 2.45) is 0 Å². The lowest BCUT2D eigenvalue weighted by atomic mass is 10.1. The number of nitrogens with zero attached hydrogens (tertiary/aromatic N) is 2. The van der Waals surface area contributed by atoms with Gasteiger partial charge in [-0.1, -0.05) is 0 Å². The van der Waals surface area contributed by atoms with E-state index in [1.165, 1.54) is 0 Å². The van der Waals surface area contributed by atoms with Gasteiger partial charge in [-0.25, -0.2) is 0 Å². The number of aromatic nitrogens is 2. The predicted octanol–water partition coefficient (Wildman–Crippen LogP) is 1.19. The predicted molar refractivity (Wildman–Crippen MR) is 60.4 cm³/mol. The molecule has 0 aliphatic carbocycles. The lowest BCUT2D eigenvalue weighted by Gasteiger charge is -2.23. The molecular weight excluding hydrogens is 220 g/mol. The van der Waals surface area contributed by atoms with Gasteiger partial charge in [0.15, 0.2) is 5.79 Å². The van der Waals surface area contributed by atoms with Crippen molar-refractivity contribution in [3.63, 3.8) is 0 Å². The molecule has 1 aromatic rings. The molecule has 0 saturated carbocycles. The number of rotatable bonds is 2. The number of hydrogen-bond acceptors (Lipinski definition) is 4. The monoisotopic (exact) mass is 238 g/mol. The van der Waals surface area contributed by atoms with E-state index in [2.05, 4.69) is 5.10 Å². The fraction of sp³-hybridized carbons (Fsp3) is 0.750. The maximum Gasteiger partial charge on any atom is 0.164 e. The van der Waals surface area contributed by atoms with Crippen molar-refractivity contribution in [2.75, 3.05) is 0 Å². The lowest BCUT2D eigenvalue weighted by Crippen LogP contribution is -2.32. The molecule has 2 aliphatic heterocycles. The molecule has 2 fully saturated rings. The summed E-state index contributed by atoms with van der Waals surface area (Å²) in [5.41, 5.74) is 0.